The van der Waals surface area contributed by atoms with Crippen LogP contribution in [-0.4, -0.2) is 5.71 Å². The Hall–Kier alpha value is -2.41. The highest BCUT2D eigenvalue weighted by Crippen LogP contribution is 2.40. The van der Waals surface area contributed by atoms with E-state index in [-0.39, 0.29) is 0 Å². The summed E-state index contributed by atoms with van der Waals surface area (Å²) in [5.41, 5.74) is 8.68. The first-order chi connectivity index (χ1) is 11.0. The Kier molecular flexibility index (Phi) is 3.12. The van der Waals surface area contributed by atoms with Crippen LogP contribution in [0.5, 0.6) is 0 Å². The van der Waals surface area contributed by atoms with E-state index in [0.717, 1.165) is 11.4 Å². The summed E-state index contributed by atoms with van der Waals surface area (Å²) in [7, 11) is 0. The highest BCUT2D eigenvalue weighted by molar-refractivity contribution is 6.26. The Morgan fingerprint density at radius 3 is 2.30 bits per heavy atom. The van der Waals surface area contributed by atoms with Gasteiger partial charge in [-0.15, -0.1) is 0 Å². The van der Waals surface area contributed by atoms with Gasteiger partial charge in [-0.3, -0.25) is 0 Å². The number of aliphatic imine (C=N–C) groups is 1. The molecule has 0 fully saturated rings. The number of hydrogen-bond donors (Lipinski definition) is 0. The Bertz CT molecular complexity index is 941. The highest BCUT2D eigenvalue weighted by atomic mass is 14.8. The lowest BCUT2D eigenvalue weighted by Gasteiger charge is -2.11. The van der Waals surface area contributed by atoms with Gasteiger partial charge >= 0.3 is 0 Å². The predicted molar refractivity (Wildman–Crippen MR) is 99.3 cm³/mol. The van der Waals surface area contributed by atoms with Gasteiger partial charge in [0, 0.05) is 16.5 Å². The van der Waals surface area contributed by atoms with E-state index >= 15 is 0 Å². The SMILES string of the molecule is Cc1cc(C)cc(C2=Nc3ccc(C(C)C)c4cccc2c34)c1. The number of nitrogens with zero attached hydrogens (tertiary/aromatic N) is 1. The molecule has 1 heteroatoms. The van der Waals surface area contributed by atoms with E-state index < -0.39 is 0 Å². The van der Waals surface area contributed by atoms with Gasteiger partial charge in [0.1, 0.15) is 0 Å². The van der Waals surface area contributed by atoms with E-state index in [2.05, 4.69) is 76.2 Å². The second-order valence-electron chi connectivity index (χ2n) is 6.89. The van der Waals surface area contributed by atoms with Crippen molar-refractivity contribution in [2.75, 3.05) is 0 Å². The Labute approximate surface area is 137 Å². The van der Waals surface area contributed by atoms with Crippen molar-refractivity contribution in [3.05, 3.63) is 76.3 Å². The van der Waals surface area contributed by atoms with Gasteiger partial charge < -0.3 is 0 Å². The second-order valence-corrected chi connectivity index (χ2v) is 6.89. The lowest BCUT2D eigenvalue weighted by atomic mass is 9.91. The molecule has 0 aromatic heterocycles. The van der Waals surface area contributed by atoms with E-state index in [4.69, 9.17) is 4.99 Å². The van der Waals surface area contributed by atoms with Gasteiger partial charge in [-0.1, -0.05) is 55.3 Å². The monoisotopic (exact) mass is 299 g/mol. The first-order valence-electron chi connectivity index (χ1n) is 8.28. The minimum Gasteiger partial charge on any atom is -0.247 e. The quantitative estimate of drug-likeness (QED) is 0.426. The van der Waals surface area contributed by atoms with Gasteiger partial charge in [-0.25, -0.2) is 4.99 Å². The van der Waals surface area contributed by atoms with Crippen LogP contribution in [0.15, 0.2) is 53.5 Å². The number of hydrogen-bond acceptors (Lipinski definition) is 1. The van der Waals surface area contributed by atoms with Crippen LogP contribution in [0.25, 0.3) is 10.8 Å². The molecular weight excluding hydrogens is 278 g/mol. The van der Waals surface area contributed by atoms with Crippen molar-refractivity contribution in [3.63, 3.8) is 0 Å². The predicted octanol–water partition coefficient (Wildman–Crippen LogP) is 6.06. The molecule has 0 bridgehead atoms. The summed E-state index contributed by atoms with van der Waals surface area (Å²) in [6.45, 7) is 8.81. The molecule has 0 N–H and O–H groups in total. The minimum atomic E-state index is 0.518. The van der Waals surface area contributed by atoms with Crippen molar-refractivity contribution >= 4 is 22.2 Å². The molecule has 0 aliphatic carbocycles. The van der Waals surface area contributed by atoms with Gasteiger partial charge in [0.2, 0.25) is 0 Å². The van der Waals surface area contributed by atoms with E-state index in [9.17, 15) is 0 Å². The fraction of sp³-hybridized carbons (Fsp3) is 0.227. The molecule has 1 nitrogen and oxygen atoms in total. The van der Waals surface area contributed by atoms with Gasteiger partial charge in [-0.05, 0) is 48.9 Å². The molecule has 0 amide bonds. The van der Waals surface area contributed by atoms with Crippen LogP contribution >= 0.6 is 0 Å². The summed E-state index contributed by atoms with van der Waals surface area (Å²) in [4.78, 5) is 4.97. The maximum absolute atomic E-state index is 4.97. The molecular formula is C22H21N. The van der Waals surface area contributed by atoms with Crippen LogP contribution in [0, 0.1) is 13.8 Å². The fourth-order valence-corrected chi connectivity index (χ4v) is 3.72. The smallest absolute Gasteiger partial charge is 0.0789 e. The van der Waals surface area contributed by atoms with Crippen molar-refractivity contribution < 1.29 is 0 Å². The molecule has 0 radical (unpaired) electrons. The van der Waals surface area contributed by atoms with Gasteiger partial charge in [0.25, 0.3) is 0 Å². The average Bonchev–Trinajstić information content (AvgIpc) is 2.87. The Morgan fingerprint density at radius 1 is 0.870 bits per heavy atom. The zero-order valence-corrected chi connectivity index (χ0v) is 14.1. The third-order valence-corrected chi connectivity index (χ3v) is 4.66. The number of aryl methyl sites for hydroxylation is 2. The largest absolute Gasteiger partial charge is 0.247 e. The topological polar surface area (TPSA) is 12.4 Å². The van der Waals surface area contributed by atoms with E-state index in [1.165, 1.54) is 38.6 Å². The molecule has 114 valence electrons. The maximum atomic E-state index is 4.97. The molecule has 3 aromatic carbocycles. The van der Waals surface area contributed by atoms with Crippen LogP contribution in [0.3, 0.4) is 0 Å². The van der Waals surface area contributed by atoms with Crippen molar-refractivity contribution in [2.24, 2.45) is 4.99 Å². The first kappa shape index (κ1) is 14.2. The standard InChI is InChI=1S/C22H21N/c1-13(2)17-8-9-20-21-18(17)6-5-7-19(21)22(23-20)16-11-14(3)10-15(4)12-16/h5-13H,1-4H3. The summed E-state index contributed by atoms with van der Waals surface area (Å²) in [6.07, 6.45) is 0. The second kappa shape index (κ2) is 5.06. The van der Waals surface area contributed by atoms with Gasteiger partial charge in [-0.2, -0.15) is 0 Å². The molecule has 3 aromatic rings. The summed E-state index contributed by atoms with van der Waals surface area (Å²) in [6, 6.07) is 17.7. The maximum Gasteiger partial charge on any atom is 0.0789 e. The molecule has 0 unspecified atom stereocenters. The van der Waals surface area contributed by atoms with Crippen LogP contribution in [0.4, 0.5) is 5.69 Å². The van der Waals surface area contributed by atoms with Crippen LogP contribution in [0.1, 0.15) is 47.6 Å². The molecule has 0 saturated carbocycles. The summed E-state index contributed by atoms with van der Waals surface area (Å²) in [5.74, 6) is 0.518. The normalized spacial score (nSPS) is 13.0. The Morgan fingerprint density at radius 2 is 1.61 bits per heavy atom. The molecule has 0 atom stereocenters. The summed E-state index contributed by atoms with van der Waals surface area (Å²) in [5, 5.41) is 2.66. The van der Waals surface area contributed by atoms with Crippen molar-refractivity contribution in [1.29, 1.82) is 0 Å². The number of rotatable bonds is 2. The lowest BCUT2D eigenvalue weighted by Crippen LogP contribution is -2.01. The first-order valence-corrected chi connectivity index (χ1v) is 8.28. The van der Waals surface area contributed by atoms with Crippen LogP contribution < -0.4 is 0 Å². The average molecular weight is 299 g/mol. The Balaban J connectivity index is 1.99. The zero-order valence-electron chi connectivity index (χ0n) is 14.1. The fourth-order valence-electron chi connectivity index (χ4n) is 3.72. The van der Waals surface area contributed by atoms with Crippen LogP contribution in [-0.2, 0) is 0 Å². The van der Waals surface area contributed by atoms with Gasteiger partial charge in [0.15, 0.2) is 0 Å². The zero-order chi connectivity index (χ0) is 16.1. The third kappa shape index (κ3) is 2.19. The third-order valence-electron chi connectivity index (χ3n) is 4.66. The van der Waals surface area contributed by atoms with E-state index in [1.54, 1.807) is 0 Å². The molecule has 1 aliphatic rings. The van der Waals surface area contributed by atoms with Gasteiger partial charge in [0.05, 0.1) is 11.4 Å². The molecule has 23 heavy (non-hydrogen) atoms. The summed E-state index contributed by atoms with van der Waals surface area (Å²) >= 11 is 0. The highest BCUT2D eigenvalue weighted by Gasteiger charge is 2.21. The minimum absolute atomic E-state index is 0.518. The molecule has 0 spiro atoms. The lowest BCUT2D eigenvalue weighted by molar-refractivity contribution is 0.876. The molecule has 1 aliphatic heterocycles. The van der Waals surface area contributed by atoms with Crippen molar-refractivity contribution in [2.45, 2.75) is 33.6 Å². The molecule has 4 rings (SSSR count). The van der Waals surface area contributed by atoms with Crippen molar-refractivity contribution in [3.8, 4) is 0 Å². The van der Waals surface area contributed by atoms with E-state index in [1.807, 2.05) is 0 Å². The number of benzene rings is 3. The summed E-state index contributed by atoms with van der Waals surface area (Å²) < 4.78 is 0. The molecule has 0 saturated heterocycles. The van der Waals surface area contributed by atoms with Crippen LogP contribution in [0.2, 0.25) is 0 Å². The van der Waals surface area contributed by atoms with Crippen molar-refractivity contribution in [1.82, 2.24) is 0 Å². The van der Waals surface area contributed by atoms with E-state index in [0.29, 0.717) is 5.92 Å². The molecule has 1 heterocycles.